The maximum Gasteiger partial charge on any atom is 0.351 e. The molecule has 0 aliphatic rings. The van der Waals surface area contributed by atoms with Gasteiger partial charge in [-0.2, -0.15) is 0 Å². The molecule has 0 aliphatic heterocycles. The van der Waals surface area contributed by atoms with Gasteiger partial charge in [0, 0.05) is 10.0 Å². The minimum absolute atomic E-state index is 0.463. The zero-order valence-electron chi connectivity index (χ0n) is 10.7. The van der Waals surface area contributed by atoms with Gasteiger partial charge in [-0.05, 0) is 34.1 Å². The molecule has 1 unspecified atom stereocenters. The summed E-state index contributed by atoms with van der Waals surface area (Å²) in [5.41, 5.74) is 0.721. The Balaban J connectivity index is 2.28. The number of methoxy groups -OCH3 is 1. The van der Waals surface area contributed by atoms with Crippen LogP contribution in [0.5, 0.6) is 5.75 Å². The first-order valence-corrected chi connectivity index (χ1v) is 7.03. The van der Waals surface area contributed by atoms with Crippen molar-refractivity contribution in [2.24, 2.45) is 0 Å². The number of carbonyl (C=O) groups is 1. The normalized spacial score (nSPS) is 11.8. The molecule has 0 spiro atoms. The zero-order valence-corrected chi connectivity index (χ0v) is 13.0. The van der Waals surface area contributed by atoms with Gasteiger partial charge in [-0.25, -0.2) is 4.79 Å². The number of rotatable bonds is 4. The molecule has 104 valence electrons. The molecule has 0 bridgehead atoms. The van der Waals surface area contributed by atoms with Crippen LogP contribution in [0.25, 0.3) is 0 Å². The van der Waals surface area contributed by atoms with Gasteiger partial charge in [0.25, 0.3) is 0 Å². The van der Waals surface area contributed by atoms with Crippen LogP contribution in [0.4, 0.5) is 0 Å². The highest BCUT2D eigenvalue weighted by atomic mass is 79.9. The first-order valence-electron chi connectivity index (χ1n) is 5.86. The summed E-state index contributed by atoms with van der Waals surface area (Å²) in [7, 11) is 1.33. The standard InChI is InChI=1S/C15H12BrClO3/c1-19-15(18)14(10-5-3-2-4-6-10)20-11-7-8-12(16)13(17)9-11/h2-9,14H,1H3. The average molecular weight is 356 g/mol. The van der Waals surface area contributed by atoms with Crippen molar-refractivity contribution in [2.45, 2.75) is 6.10 Å². The summed E-state index contributed by atoms with van der Waals surface area (Å²) in [6, 6.07) is 14.3. The summed E-state index contributed by atoms with van der Waals surface area (Å²) in [4.78, 5) is 11.9. The van der Waals surface area contributed by atoms with E-state index in [1.807, 2.05) is 30.3 Å². The second-order valence-corrected chi connectivity index (χ2v) is 5.27. The van der Waals surface area contributed by atoms with E-state index in [0.717, 1.165) is 10.0 Å². The molecule has 0 amide bonds. The fourth-order valence-corrected chi connectivity index (χ4v) is 2.09. The molecule has 0 N–H and O–H groups in total. The molecule has 3 nitrogen and oxygen atoms in total. The highest BCUT2D eigenvalue weighted by Crippen LogP contribution is 2.30. The largest absolute Gasteiger partial charge is 0.474 e. The Labute approximate surface area is 130 Å². The highest BCUT2D eigenvalue weighted by Gasteiger charge is 2.23. The van der Waals surface area contributed by atoms with E-state index < -0.39 is 12.1 Å². The number of halogens is 2. The van der Waals surface area contributed by atoms with E-state index in [-0.39, 0.29) is 0 Å². The van der Waals surface area contributed by atoms with Crippen LogP contribution in [0.3, 0.4) is 0 Å². The molecule has 0 saturated heterocycles. The fraction of sp³-hybridized carbons (Fsp3) is 0.133. The van der Waals surface area contributed by atoms with Crippen molar-refractivity contribution >= 4 is 33.5 Å². The monoisotopic (exact) mass is 354 g/mol. The van der Waals surface area contributed by atoms with E-state index in [9.17, 15) is 4.79 Å². The van der Waals surface area contributed by atoms with Crippen molar-refractivity contribution in [3.63, 3.8) is 0 Å². The minimum atomic E-state index is -0.821. The van der Waals surface area contributed by atoms with Gasteiger partial charge in [-0.3, -0.25) is 0 Å². The number of hydrogen-bond donors (Lipinski definition) is 0. The van der Waals surface area contributed by atoms with Crippen LogP contribution >= 0.6 is 27.5 Å². The van der Waals surface area contributed by atoms with Gasteiger partial charge >= 0.3 is 5.97 Å². The lowest BCUT2D eigenvalue weighted by molar-refractivity contribution is -0.149. The maximum atomic E-state index is 11.9. The first-order chi connectivity index (χ1) is 9.61. The van der Waals surface area contributed by atoms with Gasteiger partial charge in [0.15, 0.2) is 0 Å². The SMILES string of the molecule is COC(=O)C(Oc1ccc(Br)c(Cl)c1)c1ccccc1. The van der Waals surface area contributed by atoms with Crippen LogP contribution in [0.2, 0.25) is 5.02 Å². The number of ether oxygens (including phenoxy) is 2. The van der Waals surface area contributed by atoms with Crippen LogP contribution in [0, 0.1) is 0 Å². The van der Waals surface area contributed by atoms with Crippen molar-refractivity contribution in [2.75, 3.05) is 7.11 Å². The molecule has 0 aliphatic carbocycles. The quantitative estimate of drug-likeness (QED) is 0.763. The van der Waals surface area contributed by atoms with E-state index in [1.54, 1.807) is 18.2 Å². The lowest BCUT2D eigenvalue weighted by Gasteiger charge is -2.17. The summed E-state index contributed by atoms with van der Waals surface area (Å²) in [6.45, 7) is 0. The topological polar surface area (TPSA) is 35.5 Å². The van der Waals surface area contributed by atoms with Crippen molar-refractivity contribution in [3.8, 4) is 5.75 Å². The molecule has 0 aromatic heterocycles. The van der Waals surface area contributed by atoms with E-state index >= 15 is 0 Å². The second kappa shape index (κ2) is 6.77. The lowest BCUT2D eigenvalue weighted by Crippen LogP contribution is -2.20. The van der Waals surface area contributed by atoms with Crippen molar-refractivity contribution in [3.05, 3.63) is 63.6 Å². The van der Waals surface area contributed by atoms with Gasteiger partial charge in [-0.1, -0.05) is 41.9 Å². The van der Waals surface area contributed by atoms with Crippen LogP contribution in [-0.4, -0.2) is 13.1 Å². The number of hydrogen-bond acceptors (Lipinski definition) is 3. The Hall–Kier alpha value is -1.52. The summed E-state index contributed by atoms with van der Waals surface area (Å²) < 4.78 is 11.3. The smallest absolute Gasteiger partial charge is 0.351 e. The third-order valence-corrected chi connectivity index (χ3v) is 3.90. The van der Waals surface area contributed by atoms with Crippen molar-refractivity contribution < 1.29 is 14.3 Å². The fourth-order valence-electron chi connectivity index (χ4n) is 1.67. The Morgan fingerprint density at radius 1 is 1.20 bits per heavy atom. The van der Waals surface area contributed by atoms with Gasteiger partial charge in [-0.15, -0.1) is 0 Å². The molecular weight excluding hydrogens is 344 g/mol. The first kappa shape index (κ1) is 14.9. The predicted octanol–water partition coefficient (Wildman–Crippen LogP) is 4.40. The zero-order chi connectivity index (χ0) is 14.5. The molecule has 2 aromatic carbocycles. The van der Waals surface area contributed by atoms with Crippen molar-refractivity contribution in [1.29, 1.82) is 0 Å². The van der Waals surface area contributed by atoms with E-state index in [0.29, 0.717) is 10.8 Å². The molecule has 0 fully saturated rings. The van der Waals surface area contributed by atoms with Crippen LogP contribution in [0.15, 0.2) is 53.0 Å². The maximum absolute atomic E-state index is 11.9. The lowest BCUT2D eigenvalue weighted by atomic mass is 10.1. The second-order valence-electron chi connectivity index (χ2n) is 4.01. The van der Waals surface area contributed by atoms with Crippen LogP contribution < -0.4 is 4.74 Å². The number of esters is 1. The molecule has 2 rings (SSSR count). The molecule has 2 aromatic rings. The number of carbonyl (C=O) groups excluding carboxylic acids is 1. The molecule has 20 heavy (non-hydrogen) atoms. The Morgan fingerprint density at radius 3 is 2.50 bits per heavy atom. The number of benzene rings is 2. The third kappa shape index (κ3) is 3.52. The molecule has 0 saturated carbocycles. The van der Waals surface area contributed by atoms with Gasteiger partial charge in [0.2, 0.25) is 6.10 Å². The van der Waals surface area contributed by atoms with Gasteiger partial charge in [0.1, 0.15) is 5.75 Å². The molecule has 0 radical (unpaired) electrons. The average Bonchev–Trinajstić information content (AvgIpc) is 2.48. The van der Waals surface area contributed by atoms with E-state index in [4.69, 9.17) is 21.1 Å². The molecule has 5 heteroatoms. The predicted molar refractivity (Wildman–Crippen MR) is 81.0 cm³/mol. The summed E-state index contributed by atoms with van der Waals surface area (Å²) in [6.07, 6.45) is -0.821. The van der Waals surface area contributed by atoms with Gasteiger partial charge in [0.05, 0.1) is 12.1 Å². The van der Waals surface area contributed by atoms with Gasteiger partial charge < -0.3 is 9.47 Å². The Bertz CT molecular complexity index is 601. The van der Waals surface area contributed by atoms with E-state index in [1.165, 1.54) is 7.11 Å². The van der Waals surface area contributed by atoms with Crippen LogP contribution in [0.1, 0.15) is 11.7 Å². The summed E-state index contributed by atoms with van der Waals surface area (Å²) in [5, 5.41) is 0.513. The minimum Gasteiger partial charge on any atom is -0.474 e. The molecular formula is C15H12BrClO3. The Kier molecular flexibility index (Phi) is 5.04. The highest BCUT2D eigenvalue weighted by molar-refractivity contribution is 9.10. The molecule has 0 heterocycles. The molecule has 1 atom stereocenters. The van der Waals surface area contributed by atoms with E-state index in [2.05, 4.69) is 15.9 Å². The summed E-state index contributed by atoms with van der Waals surface area (Å²) in [5.74, 6) is 0.0349. The van der Waals surface area contributed by atoms with Crippen molar-refractivity contribution in [1.82, 2.24) is 0 Å². The third-order valence-electron chi connectivity index (χ3n) is 2.66. The van der Waals surface area contributed by atoms with Crippen LogP contribution in [-0.2, 0) is 9.53 Å². The summed E-state index contributed by atoms with van der Waals surface area (Å²) >= 11 is 9.32. The Morgan fingerprint density at radius 2 is 1.90 bits per heavy atom.